The summed E-state index contributed by atoms with van der Waals surface area (Å²) in [6, 6.07) is 13.3. The number of carbonyl (C=O) groups excluding carboxylic acids is 1. The maximum atomic E-state index is 11.9. The van der Waals surface area contributed by atoms with E-state index in [0.29, 0.717) is 28.7 Å². The lowest BCUT2D eigenvalue weighted by Gasteiger charge is -2.09. The van der Waals surface area contributed by atoms with Gasteiger partial charge < -0.3 is 10.6 Å². The molecule has 22 heavy (non-hydrogen) atoms. The Morgan fingerprint density at radius 2 is 1.95 bits per heavy atom. The molecule has 0 aliphatic heterocycles. The van der Waals surface area contributed by atoms with Gasteiger partial charge in [0.2, 0.25) is 5.91 Å². The van der Waals surface area contributed by atoms with Crippen molar-refractivity contribution in [1.82, 2.24) is 5.32 Å². The molecule has 0 bridgehead atoms. The molecule has 0 fully saturated rings. The Kier molecular flexibility index (Phi) is 6.25. The summed E-state index contributed by atoms with van der Waals surface area (Å²) in [5, 5.41) is 7.03. The number of hydrogen-bond donors (Lipinski definition) is 2. The average Bonchev–Trinajstić information content (AvgIpc) is 2.48. The van der Waals surface area contributed by atoms with Crippen molar-refractivity contribution in [3.05, 3.63) is 63.6 Å². The van der Waals surface area contributed by atoms with Crippen LogP contribution in [0.15, 0.2) is 42.5 Å². The van der Waals surface area contributed by atoms with Gasteiger partial charge in [0.15, 0.2) is 0 Å². The second-order valence-corrected chi connectivity index (χ2v) is 5.93. The molecule has 2 rings (SSSR count). The van der Waals surface area contributed by atoms with E-state index in [0.717, 1.165) is 6.54 Å². The van der Waals surface area contributed by atoms with Crippen molar-refractivity contribution in [3.63, 3.8) is 0 Å². The highest BCUT2D eigenvalue weighted by Gasteiger charge is 2.06. The molecular weight excluding hydrogens is 319 g/mol. The van der Waals surface area contributed by atoms with Gasteiger partial charge in [-0.25, -0.2) is 0 Å². The molecule has 2 N–H and O–H groups in total. The van der Waals surface area contributed by atoms with E-state index in [1.807, 2.05) is 6.07 Å². The molecule has 0 spiro atoms. The highest BCUT2D eigenvalue weighted by Crippen LogP contribution is 2.25. The van der Waals surface area contributed by atoms with Crippen molar-refractivity contribution in [2.75, 3.05) is 11.9 Å². The van der Waals surface area contributed by atoms with Crippen LogP contribution in [0.25, 0.3) is 0 Å². The van der Waals surface area contributed by atoms with E-state index in [-0.39, 0.29) is 5.91 Å². The molecule has 0 aliphatic carbocycles. The van der Waals surface area contributed by atoms with Gasteiger partial charge in [0.1, 0.15) is 0 Å². The fourth-order valence-corrected chi connectivity index (χ4v) is 2.40. The first-order valence-corrected chi connectivity index (χ1v) is 7.81. The fourth-order valence-electron chi connectivity index (χ4n) is 2.06. The van der Waals surface area contributed by atoms with Crippen LogP contribution in [0, 0.1) is 6.92 Å². The Labute approximate surface area is 140 Å². The third-order valence-electron chi connectivity index (χ3n) is 3.14. The van der Waals surface area contributed by atoms with Gasteiger partial charge in [0.25, 0.3) is 0 Å². The monoisotopic (exact) mass is 336 g/mol. The van der Waals surface area contributed by atoms with Crippen LogP contribution < -0.4 is 10.6 Å². The van der Waals surface area contributed by atoms with Crippen LogP contribution in [0.5, 0.6) is 0 Å². The van der Waals surface area contributed by atoms with Crippen molar-refractivity contribution in [3.8, 4) is 0 Å². The molecule has 0 aromatic heterocycles. The Morgan fingerprint density at radius 1 is 1.14 bits per heavy atom. The number of rotatable bonds is 6. The summed E-state index contributed by atoms with van der Waals surface area (Å²) < 4.78 is 0. The number of carbonyl (C=O) groups is 1. The van der Waals surface area contributed by atoms with E-state index in [2.05, 4.69) is 35.8 Å². The van der Waals surface area contributed by atoms with Gasteiger partial charge in [-0.1, -0.05) is 53.0 Å². The average molecular weight is 337 g/mol. The second-order valence-electron chi connectivity index (χ2n) is 5.09. The second kappa shape index (κ2) is 8.18. The van der Waals surface area contributed by atoms with E-state index >= 15 is 0 Å². The lowest BCUT2D eigenvalue weighted by atomic mass is 10.1. The minimum atomic E-state index is -0.0964. The minimum absolute atomic E-state index is 0.0964. The van der Waals surface area contributed by atoms with Crippen molar-refractivity contribution in [1.29, 1.82) is 0 Å². The maximum absolute atomic E-state index is 11.9. The molecule has 0 unspecified atom stereocenters. The van der Waals surface area contributed by atoms with Gasteiger partial charge in [0.05, 0.1) is 10.7 Å². The number of halogens is 2. The molecule has 0 atom stereocenters. The molecule has 2 aromatic rings. The van der Waals surface area contributed by atoms with Crippen LogP contribution in [0.3, 0.4) is 0 Å². The molecule has 0 aliphatic rings. The first-order chi connectivity index (χ1) is 10.5. The van der Waals surface area contributed by atoms with E-state index in [4.69, 9.17) is 23.2 Å². The van der Waals surface area contributed by atoms with E-state index in [1.165, 1.54) is 11.1 Å². The van der Waals surface area contributed by atoms with Crippen LogP contribution in [-0.4, -0.2) is 12.5 Å². The summed E-state index contributed by atoms with van der Waals surface area (Å²) in [7, 11) is 0. The summed E-state index contributed by atoms with van der Waals surface area (Å²) >= 11 is 11.9. The number of benzene rings is 2. The number of amides is 1. The highest BCUT2D eigenvalue weighted by atomic mass is 35.5. The molecule has 5 heteroatoms. The standard InChI is InChI=1S/C17H18Cl2N2O/c1-12-3-2-4-13(9-12)11-20-8-7-17(22)21-16-10-14(18)5-6-15(16)19/h2-6,9-10,20H,7-8,11H2,1H3,(H,21,22). The van der Waals surface area contributed by atoms with Crippen molar-refractivity contribution >= 4 is 34.8 Å². The number of anilines is 1. The smallest absolute Gasteiger partial charge is 0.225 e. The lowest BCUT2D eigenvalue weighted by molar-refractivity contribution is -0.116. The van der Waals surface area contributed by atoms with E-state index in [1.54, 1.807) is 18.2 Å². The Hall–Kier alpha value is -1.55. The van der Waals surface area contributed by atoms with Crippen LogP contribution >= 0.6 is 23.2 Å². The predicted octanol–water partition coefficient (Wildman–Crippen LogP) is 4.42. The minimum Gasteiger partial charge on any atom is -0.325 e. The number of hydrogen-bond acceptors (Lipinski definition) is 2. The SMILES string of the molecule is Cc1cccc(CNCCC(=O)Nc2cc(Cl)ccc2Cl)c1. The number of nitrogens with one attached hydrogen (secondary N) is 2. The van der Waals surface area contributed by atoms with E-state index < -0.39 is 0 Å². The largest absolute Gasteiger partial charge is 0.325 e. The third kappa shape index (κ3) is 5.34. The fraction of sp³-hybridized carbons (Fsp3) is 0.235. The van der Waals surface area contributed by atoms with Crippen LogP contribution in [-0.2, 0) is 11.3 Å². The Bertz CT molecular complexity index is 659. The Balaban J connectivity index is 1.75. The quantitative estimate of drug-likeness (QED) is 0.766. The summed E-state index contributed by atoms with van der Waals surface area (Å²) in [4.78, 5) is 11.9. The molecule has 0 saturated carbocycles. The molecule has 0 heterocycles. The van der Waals surface area contributed by atoms with Crippen molar-refractivity contribution in [2.24, 2.45) is 0 Å². The van der Waals surface area contributed by atoms with Gasteiger partial charge in [-0.3, -0.25) is 4.79 Å². The molecule has 0 saturated heterocycles. The maximum Gasteiger partial charge on any atom is 0.225 e. The van der Waals surface area contributed by atoms with Crippen LogP contribution in [0.1, 0.15) is 17.5 Å². The van der Waals surface area contributed by atoms with Crippen LogP contribution in [0.2, 0.25) is 10.0 Å². The molecule has 2 aromatic carbocycles. The van der Waals surface area contributed by atoms with Crippen molar-refractivity contribution < 1.29 is 4.79 Å². The summed E-state index contributed by atoms with van der Waals surface area (Å²) in [6.07, 6.45) is 0.370. The van der Waals surface area contributed by atoms with Gasteiger partial charge in [-0.15, -0.1) is 0 Å². The first kappa shape index (κ1) is 16.8. The van der Waals surface area contributed by atoms with Crippen LogP contribution in [0.4, 0.5) is 5.69 Å². The normalized spacial score (nSPS) is 10.5. The van der Waals surface area contributed by atoms with E-state index in [9.17, 15) is 4.79 Å². The molecule has 0 radical (unpaired) electrons. The van der Waals surface area contributed by atoms with Gasteiger partial charge in [0, 0.05) is 24.5 Å². The topological polar surface area (TPSA) is 41.1 Å². The van der Waals surface area contributed by atoms with Gasteiger partial charge >= 0.3 is 0 Å². The third-order valence-corrected chi connectivity index (χ3v) is 3.71. The van der Waals surface area contributed by atoms with Crippen molar-refractivity contribution in [2.45, 2.75) is 19.9 Å². The molecular formula is C17H18Cl2N2O. The Morgan fingerprint density at radius 3 is 2.73 bits per heavy atom. The van der Waals surface area contributed by atoms with Gasteiger partial charge in [-0.2, -0.15) is 0 Å². The summed E-state index contributed by atoms with van der Waals surface area (Å²) in [5.41, 5.74) is 2.98. The predicted molar refractivity (Wildman–Crippen MR) is 92.6 cm³/mol. The zero-order valence-corrected chi connectivity index (χ0v) is 13.8. The highest BCUT2D eigenvalue weighted by molar-refractivity contribution is 6.35. The molecule has 1 amide bonds. The zero-order valence-electron chi connectivity index (χ0n) is 12.3. The first-order valence-electron chi connectivity index (χ1n) is 7.06. The summed E-state index contributed by atoms with van der Waals surface area (Å²) in [5.74, 6) is -0.0964. The van der Waals surface area contributed by atoms with Gasteiger partial charge in [-0.05, 0) is 30.7 Å². The molecule has 116 valence electrons. The molecule has 3 nitrogen and oxygen atoms in total. The lowest BCUT2D eigenvalue weighted by Crippen LogP contribution is -2.21. The summed E-state index contributed by atoms with van der Waals surface area (Å²) in [6.45, 7) is 3.40. The zero-order chi connectivity index (χ0) is 15.9. The number of aryl methyl sites for hydroxylation is 1.